The summed E-state index contributed by atoms with van der Waals surface area (Å²) < 4.78 is 21.5. The molecule has 4 rings (SSSR count). The molecule has 4 aromatic rings. The van der Waals surface area contributed by atoms with E-state index in [9.17, 15) is 9.59 Å². The molecule has 3 heterocycles. The average Bonchev–Trinajstić information content (AvgIpc) is 3.29. The van der Waals surface area contributed by atoms with Crippen molar-refractivity contribution >= 4 is 16.9 Å². The first kappa shape index (κ1) is 21.2. The minimum atomic E-state index is -0.632. The Balaban J connectivity index is 1.72. The molecule has 9 heteroatoms. The van der Waals surface area contributed by atoms with Gasteiger partial charge in [0.1, 0.15) is 17.9 Å². The molecule has 1 aromatic carbocycles. The largest absolute Gasteiger partial charge is 0.494 e. The van der Waals surface area contributed by atoms with E-state index in [4.69, 9.17) is 18.4 Å². The van der Waals surface area contributed by atoms with E-state index < -0.39 is 5.63 Å². The molecule has 0 saturated carbocycles. The molecule has 0 aliphatic carbocycles. The Hall–Kier alpha value is -4.01. The number of carbonyl (C=O) groups excluding carboxylic acids is 1. The number of fused-ring (bicyclic) bond motifs is 1. The lowest BCUT2D eigenvalue weighted by Gasteiger charge is -2.08. The summed E-state index contributed by atoms with van der Waals surface area (Å²) in [6.07, 6.45) is 1.84. The van der Waals surface area contributed by atoms with Gasteiger partial charge in [0.15, 0.2) is 5.58 Å². The van der Waals surface area contributed by atoms with Crippen molar-refractivity contribution in [1.82, 2.24) is 15.1 Å². The van der Waals surface area contributed by atoms with Crippen LogP contribution in [-0.2, 0) is 16.1 Å². The van der Waals surface area contributed by atoms with E-state index in [1.165, 1.54) is 0 Å². The first-order valence-corrected chi connectivity index (χ1v) is 10.2. The highest BCUT2D eigenvalue weighted by molar-refractivity contribution is 5.85. The third-order valence-electron chi connectivity index (χ3n) is 4.79. The SMILES string of the molecule is CCOc1ccc(-c2noc(-c3cc4c(COC(=O)CC)cnc(C)c4oc3=O)n2)cc1. The molecule has 0 amide bonds. The zero-order valence-electron chi connectivity index (χ0n) is 17.9. The predicted octanol–water partition coefficient (Wildman–Crippen LogP) is 4.07. The molecular formula is C23H21N3O6. The Labute approximate surface area is 183 Å². The van der Waals surface area contributed by atoms with Crippen molar-refractivity contribution in [3.63, 3.8) is 0 Å². The quantitative estimate of drug-likeness (QED) is 0.396. The molecule has 164 valence electrons. The van der Waals surface area contributed by atoms with E-state index in [0.29, 0.717) is 40.2 Å². The standard InChI is InChI=1S/C23H21N3O6/c1-4-19(27)30-12-15-11-24-13(3)20-17(15)10-18(23(28)31-20)22-25-21(26-32-22)14-6-8-16(9-7-14)29-5-2/h6-11H,4-5,12H2,1-3H3. The molecule has 0 saturated heterocycles. The molecule has 0 spiro atoms. The number of aromatic nitrogens is 3. The Morgan fingerprint density at radius 2 is 1.94 bits per heavy atom. The van der Waals surface area contributed by atoms with Gasteiger partial charge < -0.3 is 18.4 Å². The second-order valence-electron chi connectivity index (χ2n) is 6.95. The van der Waals surface area contributed by atoms with Crippen LogP contribution in [-0.4, -0.2) is 27.7 Å². The summed E-state index contributed by atoms with van der Waals surface area (Å²) in [5.74, 6) is 0.740. The number of ether oxygens (including phenoxy) is 2. The maximum Gasteiger partial charge on any atom is 0.349 e. The van der Waals surface area contributed by atoms with Crippen molar-refractivity contribution in [2.75, 3.05) is 6.61 Å². The highest BCUT2D eigenvalue weighted by atomic mass is 16.5. The molecular weight excluding hydrogens is 414 g/mol. The minimum absolute atomic E-state index is 0.00484. The monoisotopic (exact) mass is 435 g/mol. The summed E-state index contributed by atoms with van der Waals surface area (Å²) in [5.41, 5.74) is 1.64. The van der Waals surface area contributed by atoms with Crippen molar-refractivity contribution in [3.8, 4) is 28.6 Å². The van der Waals surface area contributed by atoms with Crippen molar-refractivity contribution in [1.29, 1.82) is 0 Å². The molecule has 0 unspecified atom stereocenters. The van der Waals surface area contributed by atoms with E-state index in [1.54, 1.807) is 50.4 Å². The van der Waals surface area contributed by atoms with E-state index >= 15 is 0 Å². The van der Waals surface area contributed by atoms with E-state index in [-0.39, 0.29) is 30.5 Å². The molecule has 0 atom stereocenters. The van der Waals surface area contributed by atoms with Gasteiger partial charge >= 0.3 is 11.6 Å². The minimum Gasteiger partial charge on any atom is -0.494 e. The predicted molar refractivity (Wildman–Crippen MR) is 115 cm³/mol. The fourth-order valence-electron chi connectivity index (χ4n) is 3.12. The van der Waals surface area contributed by atoms with Gasteiger partial charge in [-0.1, -0.05) is 12.1 Å². The van der Waals surface area contributed by atoms with Crippen molar-refractivity contribution in [2.45, 2.75) is 33.8 Å². The van der Waals surface area contributed by atoms with Gasteiger partial charge in [0.05, 0.1) is 12.3 Å². The lowest BCUT2D eigenvalue weighted by molar-refractivity contribution is -0.144. The van der Waals surface area contributed by atoms with Crippen LogP contribution in [0.1, 0.15) is 31.5 Å². The van der Waals surface area contributed by atoms with Gasteiger partial charge in [-0.05, 0) is 44.2 Å². The lowest BCUT2D eigenvalue weighted by atomic mass is 10.1. The fourth-order valence-corrected chi connectivity index (χ4v) is 3.12. The number of benzene rings is 1. The number of pyridine rings is 1. The van der Waals surface area contributed by atoms with Crippen LogP contribution in [0.3, 0.4) is 0 Å². The number of hydrogen-bond acceptors (Lipinski definition) is 9. The van der Waals surface area contributed by atoms with Crippen LogP contribution >= 0.6 is 0 Å². The van der Waals surface area contributed by atoms with Gasteiger partial charge in [-0.25, -0.2) is 4.79 Å². The van der Waals surface area contributed by atoms with Crippen LogP contribution in [0.4, 0.5) is 0 Å². The highest BCUT2D eigenvalue weighted by Gasteiger charge is 2.19. The summed E-state index contributed by atoms with van der Waals surface area (Å²) in [6, 6.07) is 8.81. The molecule has 0 aliphatic rings. The van der Waals surface area contributed by atoms with Crippen LogP contribution < -0.4 is 10.4 Å². The van der Waals surface area contributed by atoms with E-state index in [2.05, 4.69) is 15.1 Å². The average molecular weight is 435 g/mol. The van der Waals surface area contributed by atoms with Crippen LogP contribution in [0, 0.1) is 6.92 Å². The number of esters is 1. The van der Waals surface area contributed by atoms with Crippen LogP contribution in [0.25, 0.3) is 33.8 Å². The smallest absolute Gasteiger partial charge is 0.349 e. The van der Waals surface area contributed by atoms with Gasteiger partial charge in [0.25, 0.3) is 5.89 Å². The van der Waals surface area contributed by atoms with E-state index in [0.717, 1.165) is 5.75 Å². The third-order valence-corrected chi connectivity index (χ3v) is 4.79. The van der Waals surface area contributed by atoms with Crippen molar-refractivity contribution in [3.05, 3.63) is 58.2 Å². The van der Waals surface area contributed by atoms with Crippen LogP contribution in [0.15, 0.2) is 50.3 Å². The summed E-state index contributed by atoms with van der Waals surface area (Å²) in [5, 5.41) is 4.56. The summed E-state index contributed by atoms with van der Waals surface area (Å²) in [4.78, 5) is 32.8. The number of carbonyl (C=O) groups is 1. The summed E-state index contributed by atoms with van der Waals surface area (Å²) in [6.45, 7) is 5.92. The highest BCUT2D eigenvalue weighted by Crippen LogP contribution is 2.27. The number of hydrogen-bond donors (Lipinski definition) is 0. The third kappa shape index (κ3) is 4.22. The van der Waals surface area contributed by atoms with Gasteiger partial charge in [-0.3, -0.25) is 9.78 Å². The number of aryl methyl sites for hydroxylation is 1. The topological polar surface area (TPSA) is 118 Å². The van der Waals surface area contributed by atoms with Crippen LogP contribution in [0.5, 0.6) is 5.75 Å². The molecule has 0 aliphatic heterocycles. The Morgan fingerprint density at radius 1 is 1.16 bits per heavy atom. The number of nitrogens with zero attached hydrogens (tertiary/aromatic N) is 3. The maximum absolute atomic E-state index is 12.6. The Bertz CT molecular complexity index is 1320. The lowest BCUT2D eigenvalue weighted by Crippen LogP contribution is -2.07. The maximum atomic E-state index is 12.6. The molecule has 0 radical (unpaired) electrons. The van der Waals surface area contributed by atoms with Crippen molar-refractivity contribution < 1.29 is 23.2 Å². The second-order valence-corrected chi connectivity index (χ2v) is 6.95. The molecule has 9 nitrogen and oxygen atoms in total. The van der Waals surface area contributed by atoms with Crippen LogP contribution in [0.2, 0.25) is 0 Å². The number of rotatable bonds is 7. The van der Waals surface area contributed by atoms with Crippen molar-refractivity contribution in [2.24, 2.45) is 0 Å². The zero-order valence-corrected chi connectivity index (χ0v) is 17.9. The Kier molecular flexibility index (Phi) is 5.98. The normalized spacial score (nSPS) is 11.0. The first-order valence-electron chi connectivity index (χ1n) is 10.2. The molecule has 0 bridgehead atoms. The molecule has 3 aromatic heterocycles. The van der Waals surface area contributed by atoms with E-state index in [1.807, 2.05) is 6.92 Å². The zero-order chi connectivity index (χ0) is 22.7. The molecule has 0 fully saturated rings. The fraction of sp³-hybridized carbons (Fsp3) is 0.261. The summed E-state index contributed by atoms with van der Waals surface area (Å²) in [7, 11) is 0. The first-order chi connectivity index (χ1) is 15.5. The molecule has 0 N–H and O–H groups in total. The Morgan fingerprint density at radius 3 is 2.66 bits per heavy atom. The van der Waals surface area contributed by atoms with Gasteiger partial charge in [0, 0.05) is 29.1 Å². The van der Waals surface area contributed by atoms with Gasteiger partial charge in [-0.15, -0.1) is 0 Å². The summed E-state index contributed by atoms with van der Waals surface area (Å²) >= 11 is 0. The van der Waals surface area contributed by atoms with Gasteiger partial charge in [-0.2, -0.15) is 4.98 Å². The van der Waals surface area contributed by atoms with Gasteiger partial charge in [0.2, 0.25) is 5.82 Å². The second kappa shape index (κ2) is 9.01. The molecule has 32 heavy (non-hydrogen) atoms.